The summed E-state index contributed by atoms with van der Waals surface area (Å²) < 4.78 is 6.85. The summed E-state index contributed by atoms with van der Waals surface area (Å²) >= 11 is 3.41. The number of halogens is 1. The zero-order valence-electron chi connectivity index (χ0n) is 10.3. The highest BCUT2D eigenvalue weighted by atomic mass is 79.9. The minimum Gasteiger partial charge on any atom is -0.489 e. The third kappa shape index (κ3) is 3.59. The number of rotatable bonds is 5. The van der Waals surface area contributed by atoms with Crippen molar-refractivity contribution in [2.75, 3.05) is 7.05 Å². The van der Waals surface area contributed by atoms with Crippen molar-refractivity contribution in [3.8, 4) is 5.75 Å². The molecule has 0 amide bonds. The van der Waals surface area contributed by atoms with Gasteiger partial charge in [-0.15, -0.1) is 0 Å². The van der Waals surface area contributed by atoms with E-state index in [2.05, 4.69) is 39.4 Å². The number of benzene rings is 2. The third-order valence-electron chi connectivity index (χ3n) is 2.69. The Morgan fingerprint density at radius 3 is 2.33 bits per heavy atom. The molecule has 3 heteroatoms. The Kier molecular flexibility index (Phi) is 4.79. The molecule has 1 N–H and O–H groups in total. The van der Waals surface area contributed by atoms with Crippen molar-refractivity contribution in [1.29, 1.82) is 0 Å². The molecule has 2 aromatic rings. The van der Waals surface area contributed by atoms with Gasteiger partial charge in [0.1, 0.15) is 12.4 Å². The third-order valence-corrected chi connectivity index (χ3v) is 3.22. The smallest absolute Gasteiger partial charge is 0.119 e. The summed E-state index contributed by atoms with van der Waals surface area (Å²) in [6.07, 6.45) is 0. The van der Waals surface area contributed by atoms with Gasteiger partial charge in [0.05, 0.1) is 0 Å². The van der Waals surface area contributed by atoms with E-state index in [1.807, 2.05) is 37.4 Å². The van der Waals surface area contributed by atoms with Crippen molar-refractivity contribution in [3.05, 3.63) is 64.1 Å². The second-order valence-corrected chi connectivity index (χ2v) is 4.96. The van der Waals surface area contributed by atoms with E-state index in [-0.39, 0.29) is 0 Å². The van der Waals surface area contributed by atoms with Gasteiger partial charge in [-0.25, -0.2) is 0 Å². The van der Waals surface area contributed by atoms with Crippen LogP contribution >= 0.6 is 15.9 Å². The molecule has 0 aliphatic carbocycles. The Labute approximate surface area is 116 Å². The van der Waals surface area contributed by atoms with E-state index in [1.165, 1.54) is 11.1 Å². The standard InChI is InChI=1S/C15H16BrNO/c1-17-10-12-4-2-3-5-13(12)11-18-15-8-6-14(16)7-9-15/h2-9,17H,10-11H2,1H3. The minimum atomic E-state index is 0.597. The molecule has 2 aromatic carbocycles. The highest BCUT2D eigenvalue weighted by Crippen LogP contribution is 2.18. The fraction of sp³-hybridized carbons (Fsp3) is 0.200. The van der Waals surface area contributed by atoms with Crippen molar-refractivity contribution in [3.63, 3.8) is 0 Å². The lowest BCUT2D eigenvalue weighted by atomic mass is 10.1. The van der Waals surface area contributed by atoms with E-state index in [0.29, 0.717) is 6.61 Å². The van der Waals surface area contributed by atoms with Crippen LogP contribution in [0.3, 0.4) is 0 Å². The van der Waals surface area contributed by atoms with Gasteiger partial charge in [-0.3, -0.25) is 0 Å². The van der Waals surface area contributed by atoms with Crippen molar-refractivity contribution < 1.29 is 4.74 Å². The summed E-state index contributed by atoms with van der Waals surface area (Å²) in [4.78, 5) is 0. The van der Waals surface area contributed by atoms with Crippen LogP contribution < -0.4 is 10.1 Å². The molecule has 0 heterocycles. The zero-order valence-corrected chi connectivity index (χ0v) is 11.9. The zero-order chi connectivity index (χ0) is 12.8. The Balaban J connectivity index is 2.03. The van der Waals surface area contributed by atoms with Crippen LogP contribution in [-0.2, 0) is 13.2 Å². The second kappa shape index (κ2) is 6.57. The highest BCUT2D eigenvalue weighted by molar-refractivity contribution is 9.10. The van der Waals surface area contributed by atoms with Crippen molar-refractivity contribution in [2.24, 2.45) is 0 Å². The van der Waals surface area contributed by atoms with Gasteiger partial charge < -0.3 is 10.1 Å². The number of hydrogen-bond donors (Lipinski definition) is 1. The molecule has 94 valence electrons. The van der Waals surface area contributed by atoms with Crippen LogP contribution in [0.4, 0.5) is 0 Å². The summed E-state index contributed by atoms with van der Waals surface area (Å²) in [5.74, 6) is 0.887. The lowest BCUT2D eigenvalue weighted by Crippen LogP contribution is -2.09. The molecule has 0 aliphatic heterocycles. The Hall–Kier alpha value is -1.32. The maximum atomic E-state index is 5.79. The van der Waals surface area contributed by atoms with E-state index in [1.54, 1.807) is 0 Å². The summed E-state index contributed by atoms with van der Waals surface area (Å²) in [7, 11) is 1.95. The summed E-state index contributed by atoms with van der Waals surface area (Å²) in [6, 6.07) is 16.2. The molecule has 0 fully saturated rings. The maximum Gasteiger partial charge on any atom is 0.119 e. The van der Waals surface area contributed by atoms with Crippen LogP contribution in [-0.4, -0.2) is 7.05 Å². The monoisotopic (exact) mass is 305 g/mol. The van der Waals surface area contributed by atoms with E-state index >= 15 is 0 Å². The molecule has 0 atom stereocenters. The van der Waals surface area contributed by atoms with Gasteiger partial charge in [-0.1, -0.05) is 40.2 Å². The van der Waals surface area contributed by atoms with Crippen molar-refractivity contribution >= 4 is 15.9 Å². The van der Waals surface area contributed by atoms with Gasteiger partial charge >= 0.3 is 0 Å². The highest BCUT2D eigenvalue weighted by Gasteiger charge is 2.01. The van der Waals surface area contributed by atoms with Gasteiger partial charge in [-0.2, -0.15) is 0 Å². The molecule has 0 bridgehead atoms. The summed E-state index contributed by atoms with van der Waals surface area (Å²) in [6.45, 7) is 1.46. The molecule has 2 nitrogen and oxygen atoms in total. The topological polar surface area (TPSA) is 21.3 Å². The molecule has 0 aliphatic rings. The van der Waals surface area contributed by atoms with E-state index in [9.17, 15) is 0 Å². The maximum absolute atomic E-state index is 5.79. The quantitative estimate of drug-likeness (QED) is 0.908. The Bertz CT molecular complexity index is 496. The fourth-order valence-electron chi connectivity index (χ4n) is 1.75. The van der Waals surface area contributed by atoms with Crippen LogP contribution in [0.15, 0.2) is 53.0 Å². The largest absolute Gasteiger partial charge is 0.489 e. The normalized spacial score (nSPS) is 10.3. The molecule has 0 aromatic heterocycles. The molecule has 2 rings (SSSR count). The van der Waals surface area contributed by atoms with Gasteiger partial charge in [0.2, 0.25) is 0 Å². The number of nitrogens with one attached hydrogen (secondary N) is 1. The lowest BCUT2D eigenvalue weighted by Gasteiger charge is -2.10. The first-order valence-electron chi connectivity index (χ1n) is 5.89. The van der Waals surface area contributed by atoms with Crippen LogP contribution in [0.25, 0.3) is 0 Å². The molecule has 0 saturated carbocycles. The SMILES string of the molecule is CNCc1ccccc1COc1ccc(Br)cc1. The predicted molar refractivity (Wildman–Crippen MR) is 77.7 cm³/mol. The first kappa shape index (κ1) is 13.1. The molecule has 0 radical (unpaired) electrons. The summed E-state index contributed by atoms with van der Waals surface area (Å²) in [5.41, 5.74) is 2.49. The van der Waals surface area contributed by atoms with E-state index < -0.39 is 0 Å². The molecule has 0 saturated heterocycles. The van der Waals surface area contributed by atoms with E-state index in [0.717, 1.165) is 16.8 Å². The Morgan fingerprint density at radius 2 is 1.67 bits per heavy atom. The lowest BCUT2D eigenvalue weighted by molar-refractivity contribution is 0.304. The molecular weight excluding hydrogens is 290 g/mol. The van der Waals surface area contributed by atoms with Crippen LogP contribution in [0.5, 0.6) is 5.75 Å². The molecule has 0 unspecified atom stereocenters. The van der Waals surface area contributed by atoms with E-state index in [4.69, 9.17) is 4.74 Å². The molecule has 0 spiro atoms. The first-order valence-corrected chi connectivity index (χ1v) is 6.68. The van der Waals surface area contributed by atoms with Crippen LogP contribution in [0.1, 0.15) is 11.1 Å². The van der Waals surface area contributed by atoms with Gasteiger partial charge in [-0.05, 0) is 42.4 Å². The van der Waals surface area contributed by atoms with Gasteiger partial charge in [0, 0.05) is 11.0 Å². The Morgan fingerprint density at radius 1 is 1.00 bits per heavy atom. The fourth-order valence-corrected chi connectivity index (χ4v) is 2.02. The van der Waals surface area contributed by atoms with Crippen LogP contribution in [0, 0.1) is 0 Å². The summed E-state index contributed by atoms with van der Waals surface area (Å²) in [5, 5.41) is 3.17. The van der Waals surface area contributed by atoms with Crippen molar-refractivity contribution in [1.82, 2.24) is 5.32 Å². The van der Waals surface area contributed by atoms with Crippen LogP contribution in [0.2, 0.25) is 0 Å². The van der Waals surface area contributed by atoms with Gasteiger partial charge in [0.15, 0.2) is 0 Å². The molecule has 18 heavy (non-hydrogen) atoms. The first-order chi connectivity index (χ1) is 8.79. The molecular formula is C15H16BrNO. The average Bonchev–Trinajstić information content (AvgIpc) is 2.40. The number of hydrogen-bond acceptors (Lipinski definition) is 2. The second-order valence-electron chi connectivity index (χ2n) is 4.04. The predicted octanol–water partition coefficient (Wildman–Crippen LogP) is 3.75. The van der Waals surface area contributed by atoms with Crippen molar-refractivity contribution in [2.45, 2.75) is 13.2 Å². The number of ether oxygens (including phenoxy) is 1. The van der Waals surface area contributed by atoms with Gasteiger partial charge in [0.25, 0.3) is 0 Å². The average molecular weight is 306 g/mol. The minimum absolute atomic E-state index is 0.597.